The van der Waals surface area contributed by atoms with Gasteiger partial charge in [0.2, 0.25) is 0 Å². The first kappa shape index (κ1) is 16.2. The van der Waals surface area contributed by atoms with E-state index in [1.807, 2.05) is 0 Å². The van der Waals surface area contributed by atoms with Crippen molar-refractivity contribution in [1.82, 2.24) is 4.90 Å². The summed E-state index contributed by atoms with van der Waals surface area (Å²) in [4.78, 5) is 2.23. The first-order chi connectivity index (χ1) is 7.07. The molecule has 2 N–H and O–H groups in total. The van der Waals surface area contributed by atoms with Crippen LogP contribution in [0, 0.1) is 5.92 Å². The van der Waals surface area contributed by atoms with Crippen LogP contribution in [0.1, 0.15) is 19.8 Å². The third kappa shape index (κ3) is 5.48. The van der Waals surface area contributed by atoms with Crippen molar-refractivity contribution in [3.8, 4) is 0 Å². The molecular formula is C10H23ClN2O2S. The number of piperidine rings is 1. The molecule has 0 spiro atoms. The zero-order valence-electron chi connectivity index (χ0n) is 9.89. The Morgan fingerprint density at radius 1 is 1.44 bits per heavy atom. The maximum Gasteiger partial charge on any atom is 0.151 e. The van der Waals surface area contributed by atoms with Crippen LogP contribution in [0.25, 0.3) is 0 Å². The molecule has 0 aliphatic carbocycles. The number of hydrogen-bond donors (Lipinski definition) is 1. The van der Waals surface area contributed by atoms with Crippen molar-refractivity contribution in [2.45, 2.75) is 19.8 Å². The Kier molecular flexibility index (Phi) is 7.55. The average Bonchev–Trinajstić information content (AvgIpc) is 2.27. The van der Waals surface area contributed by atoms with Crippen LogP contribution >= 0.6 is 12.4 Å². The summed E-state index contributed by atoms with van der Waals surface area (Å²) in [5, 5.41) is 0. The maximum absolute atomic E-state index is 11.3. The molecule has 98 valence electrons. The standard InChI is InChI=1S/C10H22N2O2S.ClH/c1-2-15(13,14)7-6-12-5-3-4-10(8-11)9-12;/h10H,2-9,11H2,1H3;1H. The third-order valence-corrected chi connectivity index (χ3v) is 4.78. The lowest BCUT2D eigenvalue weighted by atomic mass is 9.98. The van der Waals surface area contributed by atoms with Gasteiger partial charge in [-0.1, -0.05) is 6.92 Å². The van der Waals surface area contributed by atoms with E-state index in [1.165, 1.54) is 6.42 Å². The number of sulfone groups is 1. The summed E-state index contributed by atoms with van der Waals surface area (Å²) in [5.74, 6) is 1.10. The molecular weight excluding hydrogens is 248 g/mol. The fourth-order valence-corrected chi connectivity index (χ4v) is 2.78. The Labute approximate surface area is 105 Å². The molecule has 0 amide bonds. The summed E-state index contributed by atoms with van der Waals surface area (Å²) in [5.41, 5.74) is 5.63. The molecule has 4 nitrogen and oxygen atoms in total. The molecule has 0 bridgehead atoms. The van der Waals surface area contributed by atoms with Gasteiger partial charge < -0.3 is 10.6 Å². The minimum Gasteiger partial charge on any atom is -0.330 e. The number of nitrogens with two attached hydrogens (primary N) is 1. The van der Waals surface area contributed by atoms with E-state index >= 15 is 0 Å². The van der Waals surface area contributed by atoms with Gasteiger partial charge in [-0.05, 0) is 31.8 Å². The molecule has 6 heteroatoms. The van der Waals surface area contributed by atoms with Crippen molar-refractivity contribution in [2.24, 2.45) is 11.7 Å². The highest BCUT2D eigenvalue weighted by Crippen LogP contribution is 2.14. The van der Waals surface area contributed by atoms with E-state index < -0.39 is 9.84 Å². The smallest absolute Gasteiger partial charge is 0.151 e. The van der Waals surface area contributed by atoms with Crippen molar-refractivity contribution in [2.75, 3.05) is 37.7 Å². The summed E-state index contributed by atoms with van der Waals surface area (Å²) < 4.78 is 22.7. The predicted molar refractivity (Wildman–Crippen MR) is 69.8 cm³/mol. The number of hydrogen-bond acceptors (Lipinski definition) is 4. The number of rotatable bonds is 5. The molecule has 1 atom stereocenters. The highest BCUT2D eigenvalue weighted by Gasteiger charge is 2.19. The Hall–Kier alpha value is 0.160. The predicted octanol–water partition coefficient (Wildman–Crippen LogP) is 0.514. The van der Waals surface area contributed by atoms with Crippen LogP contribution < -0.4 is 5.73 Å². The lowest BCUT2D eigenvalue weighted by molar-refractivity contribution is 0.187. The van der Waals surface area contributed by atoms with Crippen LogP contribution in [-0.2, 0) is 9.84 Å². The van der Waals surface area contributed by atoms with Gasteiger partial charge in [0.1, 0.15) is 0 Å². The third-order valence-electron chi connectivity index (χ3n) is 3.09. The lowest BCUT2D eigenvalue weighted by Gasteiger charge is -2.31. The number of nitrogens with zero attached hydrogens (tertiary/aromatic N) is 1. The molecule has 1 unspecified atom stereocenters. The quantitative estimate of drug-likeness (QED) is 0.791. The van der Waals surface area contributed by atoms with Crippen LogP contribution in [0.4, 0.5) is 0 Å². The van der Waals surface area contributed by atoms with E-state index in [-0.39, 0.29) is 18.2 Å². The van der Waals surface area contributed by atoms with Crippen LogP contribution in [-0.4, -0.2) is 51.0 Å². The molecule has 1 heterocycles. The molecule has 0 radical (unpaired) electrons. The summed E-state index contributed by atoms with van der Waals surface area (Å²) in [6.07, 6.45) is 2.33. The molecule has 16 heavy (non-hydrogen) atoms. The van der Waals surface area contributed by atoms with Gasteiger partial charge in [-0.2, -0.15) is 0 Å². The average molecular weight is 271 g/mol. The Bertz CT molecular complexity index is 283. The summed E-state index contributed by atoms with van der Waals surface area (Å²) in [6, 6.07) is 0. The first-order valence-corrected chi connectivity index (χ1v) is 7.52. The van der Waals surface area contributed by atoms with E-state index in [0.29, 0.717) is 18.2 Å². The summed E-state index contributed by atoms with van der Waals surface area (Å²) in [6.45, 7) is 5.09. The van der Waals surface area contributed by atoms with Gasteiger partial charge in [-0.3, -0.25) is 0 Å². The number of likely N-dealkylation sites (tertiary alicyclic amines) is 1. The second-order valence-corrected chi connectivity index (χ2v) is 6.75. The maximum atomic E-state index is 11.3. The SMILES string of the molecule is CCS(=O)(=O)CCN1CCCC(CN)C1.Cl. The highest BCUT2D eigenvalue weighted by molar-refractivity contribution is 7.91. The van der Waals surface area contributed by atoms with Crippen LogP contribution in [0.5, 0.6) is 0 Å². The zero-order valence-corrected chi connectivity index (χ0v) is 11.5. The van der Waals surface area contributed by atoms with E-state index in [1.54, 1.807) is 6.92 Å². The molecule has 1 fully saturated rings. The monoisotopic (exact) mass is 270 g/mol. The molecule has 0 aromatic carbocycles. The second-order valence-electron chi connectivity index (χ2n) is 4.28. The van der Waals surface area contributed by atoms with Gasteiger partial charge >= 0.3 is 0 Å². The van der Waals surface area contributed by atoms with Crippen molar-refractivity contribution in [3.05, 3.63) is 0 Å². The minimum absolute atomic E-state index is 0. The largest absolute Gasteiger partial charge is 0.330 e. The van der Waals surface area contributed by atoms with Crippen molar-refractivity contribution >= 4 is 22.2 Å². The Morgan fingerprint density at radius 3 is 2.69 bits per heavy atom. The zero-order chi connectivity index (χ0) is 11.3. The molecule has 0 aromatic heterocycles. The van der Waals surface area contributed by atoms with Gasteiger partial charge in [0, 0.05) is 18.8 Å². The van der Waals surface area contributed by atoms with Crippen LogP contribution in [0.15, 0.2) is 0 Å². The fourth-order valence-electron chi connectivity index (χ4n) is 1.96. The van der Waals surface area contributed by atoms with E-state index in [9.17, 15) is 8.42 Å². The molecule has 0 saturated carbocycles. The topological polar surface area (TPSA) is 63.4 Å². The molecule has 0 aromatic rings. The number of halogens is 1. The normalized spacial score (nSPS) is 22.8. The summed E-state index contributed by atoms with van der Waals surface area (Å²) >= 11 is 0. The van der Waals surface area contributed by atoms with Crippen molar-refractivity contribution in [3.63, 3.8) is 0 Å². The molecule has 1 aliphatic heterocycles. The lowest BCUT2D eigenvalue weighted by Crippen LogP contribution is -2.40. The van der Waals surface area contributed by atoms with Crippen molar-refractivity contribution < 1.29 is 8.42 Å². The van der Waals surface area contributed by atoms with Gasteiger partial charge in [0.15, 0.2) is 9.84 Å². The van der Waals surface area contributed by atoms with Crippen LogP contribution in [0.2, 0.25) is 0 Å². The summed E-state index contributed by atoms with van der Waals surface area (Å²) in [7, 11) is -2.82. The van der Waals surface area contributed by atoms with Crippen molar-refractivity contribution in [1.29, 1.82) is 0 Å². The van der Waals surface area contributed by atoms with E-state index in [4.69, 9.17) is 5.73 Å². The second kappa shape index (κ2) is 7.48. The minimum atomic E-state index is -2.82. The van der Waals surface area contributed by atoms with Gasteiger partial charge in [-0.15, -0.1) is 12.4 Å². The Morgan fingerprint density at radius 2 is 2.12 bits per heavy atom. The van der Waals surface area contributed by atoms with E-state index in [0.717, 1.165) is 26.1 Å². The fraction of sp³-hybridized carbons (Fsp3) is 1.00. The Balaban J connectivity index is 0.00000225. The van der Waals surface area contributed by atoms with Crippen LogP contribution in [0.3, 0.4) is 0 Å². The molecule has 1 saturated heterocycles. The van der Waals surface area contributed by atoms with E-state index in [2.05, 4.69) is 4.90 Å². The highest BCUT2D eigenvalue weighted by atomic mass is 35.5. The van der Waals surface area contributed by atoms with Gasteiger partial charge in [-0.25, -0.2) is 8.42 Å². The van der Waals surface area contributed by atoms with Gasteiger partial charge in [0.25, 0.3) is 0 Å². The molecule has 1 rings (SSSR count). The first-order valence-electron chi connectivity index (χ1n) is 5.70. The molecule has 1 aliphatic rings. The van der Waals surface area contributed by atoms with Gasteiger partial charge in [0.05, 0.1) is 5.75 Å².